The maximum atomic E-state index is 6.20. The van der Waals surface area contributed by atoms with Crippen LogP contribution in [0.15, 0.2) is 84.9 Å². The molecule has 0 unspecified atom stereocenters. The summed E-state index contributed by atoms with van der Waals surface area (Å²) in [7, 11) is -2.22. The van der Waals surface area contributed by atoms with Crippen LogP contribution in [0.5, 0.6) is 0 Å². The minimum absolute atomic E-state index is 0.558. The summed E-state index contributed by atoms with van der Waals surface area (Å²) in [4.78, 5) is 0. The summed E-state index contributed by atoms with van der Waals surface area (Å²) >= 11 is 12.4. The largest absolute Gasteiger partial charge is 0.194 e. The third-order valence-corrected chi connectivity index (χ3v) is 9.19. The van der Waals surface area contributed by atoms with E-state index in [1.165, 1.54) is 10.4 Å². The zero-order chi connectivity index (χ0) is 19.6. The lowest BCUT2D eigenvalue weighted by Crippen LogP contribution is -2.31. The van der Waals surface area contributed by atoms with Gasteiger partial charge in [-0.05, 0) is 22.5 Å². The van der Waals surface area contributed by atoms with Gasteiger partial charge in [-0.3, -0.25) is 0 Å². The van der Waals surface area contributed by atoms with Crippen LogP contribution in [-0.4, -0.2) is 28.6 Å². The second-order valence-corrected chi connectivity index (χ2v) is 11.7. The van der Waals surface area contributed by atoms with Crippen LogP contribution in [0.2, 0.25) is 0 Å². The van der Waals surface area contributed by atoms with Gasteiger partial charge in [-0.25, -0.2) is 0 Å². The highest BCUT2D eigenvalue weighted by Crippen LogP contribution is 2.06. The van der Waals surface area contributed by atoms with Crippen molar-refractivity contribution < 1.29 is 0 Å². The van der Waals surface area contributed by atoms with E-state index in [9.17, 15) is 0 Å². The second kappa shape index (κ2) is 11.0. The summed E-state index contributed by atoms with van der Waals surface area (Å²) in [6.07, 6.45) is 0. The van der Waals surface area contributed by atoms with Gasteiger partial charge in [0.25, 0.3) is 0 Å². The van der Waals surface area contributed by atoms with Gasteiger partial charge in [-0.1, -0.05) is 84.6 Å². The SMILES string of the molecule is ClC[Si](C#Cc1ccccc1C#C[Si](CCl)c1ccccc1)c1ccccc1. The molecule has 0 nitrogen and oxygen atoms in total. The smallest absolute Gasteiger partial charge is 0.129 e. The van der Waals surface area contributed by atoms with Crippen molar-refractivity contribution in [2.45, 2.75) is 0 Å². The standard InChI is InChI=1S/C24H18Cl2Si2/c25-19-27(23-11-3-1-4-12-23)17-15-21-9-7-8-10-22(21)16-18-28(20-26)24-13-5-2-6-14-24/h1-14H,19-20H2. The first kappa shape index (κ1) is 20.5. The molecular weight excluding hydrogens is 415 g/mol. The normalized spacial score (nSPS) is 10.1. The van der Waals surface area contributed by atoms with E-state index in [2.05, 4.69) is 47.2 Å². The topological polar surface area (TPSA) is 0 Å². The number of hydrogen-bond acceptors (Lipinski definition) is 0. The molecule has 0 fully saturated rings. The molecule has 0 N–H and O–H groups in total. The monoisotopic (exact) mass is 432 g/mol. The molecule has 3 rings (SSSR count). The third kappa shape index (κ3) is 5.65. The van der Waals surface area contributed by atoms with E-state index in [4.69, 9.17) is 23.2 Å². The Morgan fingerprint density at radius 1 is 0.536 bits per heavy atom. The molecule has 0 spiro atoms. The van der Waals surface area contributed by atoms with E-state index in [1.54, 1.807) is 0 Å². The minimum Gasteiger partial charge on any atom is -0.129 e. The highest BCUT2D eigenvalue weighted by Gasteiger charge is 2.11. The molecule has 0 amide bonds. The van der Waals surface area contributed by atoms with Crippen LogP contribution in [0.1, 0.15) is 11.1 Å². The Balaban J connectivity index is 1.87. The summed E-state index contributed by atoms with van der Waals surface area (Å²) in [5, 5.41) is 2.46. The van der Waals surface area contributed by atoms with Crippen molar-refractivity contribution in [1.82, 2.24) is 0 Å². The van der Waals surface area contributed by atoms with E-state index >= 15 is 0 Å². The van der Waals surface area contributed by atoms with Crippen molar-refractivity contribution in [2.75, 3.05) is 11.0 Å². The molecule has 3 aromatic carbocycles. The molecule has 4 heteroatoms. The van der Waals surface area contributed by atoms with Gasteiger partial charge in [0.1, 0.15) is 0 Å². The number of hydrogen-bond donors (Lipinski definition) is 0. The Morgan fingerprint density at radius 2 is 0.893 bits per heavy atom. The fraction of sp³-hybridized carbons (Fsp3) is 0.0833. The number of rotatable bonds is 4. The minimum atomic E-state index is -1.11. The maximum Gasteiger partial charge on any atom is 0.194 e. The molecule has 28 heavy (non-hydrogen) atoms. The van der Waals surface area contributed by atoms with Crippen molar-refractivity contribution in [3.63, 3.8) is 0 Å². The highest BCUT2D eigenvalue weighted by molar-refractivity contribution is 6.86. The molecule has 0 aliphatic heterocycles. The van der Waals surface area contributed by atoms with Crippen LogP contribution in [0.4, 0.5) is 0 Å². The van der Waals surface area contributed by atoms with Crippen molar-refractivity contribution in [1.29, 1.82) is 0 Å². The second-order valence-electron chi connectivity index (χ2n) is 6.00. The quantitative estimate of drug-likeness (QED) is 0.333. The molecule has 0 atom stereocenters. The molecule has 0 aromatic heterocycles. The lowest BCUT2D eigenvalue weighted by atomic mass is 10.1. The van der Waals surface area contributed by atoms with E-state index in [0.29, 0.717) is 11.0 Å². The molecule has 2 radical (unpaired) electrons. The van der Waals surface area contributed by atoms with Gasteiger partial charge >= 0.3 is 0 Å². The maximum absolute atomic E-state index is 6.20. The van der Waals surface area contributed by atoms with Crippen molar-refractivity contribution in [3.8, 4) is 22.9 Å². The Labute approximate surface area is 180 Å². The fourth-order valence-electron chi connectivity index (χ4n) is 2.63. The molecule has 0 saturated heterocycles. The van der Waals surface area contributed by atoms with E-state index in [-0.39, 0.29) is 0 Å². The average molecular weight is 433 g/mol. The highest BCUT2D eigenvalue weighted by atomic mass is 35.5. The Morgan fingerprint density at radius 3 is 1.25 bits per heavy atom. The molecule has 0 aliphatic rings. The summed E-state index contributed by atoms with van der Waals surface area (Å²) in [6, 6.07) is 28.6. The van der Waals surface area contributed by atoms with Gasteiger partial charge in [-0.15, -0.1) is 34.3 Å². The van der Waals surface area contributed by atoms with E-state index < -0.39 is 17.6 Å². The van der Waals surface area contributed by atoms with Crippen LogP contribution in [0, 0.1) is 22.9 Å². The van der Waals surface area contributed by atoms with Crippen LogP contribution in [0.25, 0.3) is 0 Å². The Kier molecular flexibility index (Phi) is 8.03. The summed E-state index contributed by atoms with van der Waals surface area (Å²) in [6.45, 7) is 0. The predicted molar refractivity (Wildman–Crippen MR) is 125 cm³/mol. The van der Waals surface area contributed by atoms with Crippen molar-refractivity contribution in [2.24, 2.45) is 0 Å². The van der Waals surface area contributed by atoms with Crippen LogP contribution in [0.3, 0.4) is 0 Å². The Hall–Kier alpha value is -2.21. The number of alkyl halides is 2. The van der Waals surface area contributed by atoms with Crippen LogP contribution >= 0.6 is 23.2 Å². The van der Waals surface area contributed by atoms with Crippen LogP contribution < -0.4 is 10.4 Å². The van der Waals surface area contributed by atoms with Gasteiger partial charge < -0.3 is 0 Å². The van der Waals surface area contributed by atoms with Gasteiger partial charge in [0.15, 0.2) is 17.6 Å². The first-order valence-corrected chi connectivity index (χ1v) is 13.4. The van der Waals surface area contributed by atoms with Crippen molar-refractivity contribution in [3.05, 3.63) is 96.1 Å². The third-order valence-electron chi connectivity index (χ3n) is 4.13. The average Bonchev–Trinajstić information content (AvgIpc) is 2.77. The molecule has 136 valence electrons. The van der Waals surface area contributed by atoms with Crippen molar-refractivity contribution >= 4 is 51.2 Å². The molecule has 0 saturated carbocycles. The molecule has 0 aliphatic carbocycles. The van der Waals surface area contributed by atoms with E-state index in [1.807, 2.05) is 60.7 Å². The lowest BCUT2D eigenvalue weighted by molar-refractivity contribution is 1.59. The fourth-order valence-corrected chi connectivity index (χ4v) is 6.45. The molecule has 3 aromatic rings. The zero-order valence-electron chi connectivity index (χ0n) is 15.3. The lowest BCUT2D eigenvalue weighted by Gasteiger charge is -2.04. The predicted octanol–water partition coefficient (Wildman–Crippen LogP) is 3.83. The van der Waals surface area contributed by atoms with Crippen LogP contribution in [-0.2, 0) is 0 Å². The summed E-state index contributed by atoms with van der Waals surface area (Å²) in [5.74, 6) is 6.66. The van der Waals surface area contributed by atoms with Gasteiger partial charge in [-0.2, -0.15) is 0 Å². The summed E-state index contributed by atoms with van der Waals surface area (Å²) < 4.78 is 0. The number of halogens is 2. The van der Waals surface area contributed by atoms with E-state index in [0.717, 1.165) is 11.1 Å². The Bertz CT molecular complexity index is 928. The first-order valence-electron chi connectivity index (χ1n) is 8.89. The molecular formula is C24H18Cl2Si2. The van der Waals surface area contributed by atoms with Gasteiger partial charge in [0.05, 0.1) is 0 Å². The molecule has 0 bridgehead atoms. The molecule has 0 heterocycles. The zero-order valence-corrected chi connectivity index (χ0v) is 18.8. The summed E-state index contributed by atoms with van der Waals surface area (Å²) in [5.41, 5.74) is 9.83. The van der Waals surface area contributed by atoms with Gasteiger partial charge in [0.2, 0.25) is 0 Å². The van der Waals surface area contributed by atoms with Gasteiger partial charge in [0, 0.05) is 22.1 Å². The number of benzene rings is 3. The first-order chi connectivity index (χ1) is 13.8.